The monoisotopic (exact) mass is 369 g/mol. The number of amides is 2. The molecule has 4 rings (SSSR count). The van der Waals surface area contributed by atoms with E-state index < -0.39 is 5.54 Å². The van der Waals surface area contributed by atoms with E-state index in [4.69, 9.17) is 0 Å². The van der Waals surface area contributed by atoms with Gasteiger partial charge in [-0.3, -0.25) is 14.6 Å². The summed E-state index contributed by atoms with van der Waals surface area (Å²) in [6.07, 6.45) is 0.992. The summed E-state index contributed by atoms with van der Waals surface area (Å²) in [5.74, 6) is 0.578. The molecule has 0 radical (unpaired) electrons. The van der Waals surface area contributed by atoms with E-state index in [0.717, 1.165) is 0 Å². The molecule has 8 heteroatoms. The Bertz CT molecular complexity index is 940. The number of hydrogen-bond donors (Lipinski definition) is 2. The van der Waals surface area contributed by atoms with Gasteiger partial charge in [0, 0.05) is 24.3 Å². The van der Waals surface area contributed by atoms with Gasteiger partial charge in [0.15, 0.2) is 0 Å². The van der Waals surface area contributed by atoms with Crippen LogP contribution in [0.1, 0.15) is 35.9 Å². The SMILES string of the molecule is CC1=NC2(CCN(C(=O)c3nc(-c4ccc(F)cc4)[nH]c3C)CC2)C(=O)N1. The first kappa shape index (κ1) is 17.4. The van der Waals surface area contributed by atoms with Crippen molar-refractivity contribution < 1.29 is 14.0 Å². The Hall–Kier alpha value is -3.03. The highest BCUT2D eigenvalue weighted by Gasteiger charge is 2.45. The van der Waals surface area contributed by atoms with Crippen molar-refractivity contribution in [2.75, 3.05) is 13.1 Å². The van der Waals surface area contributed by atoms with Gasteiger partial charge >= 0.3 is 0 Å². The van der Waals surface area contributed by atoms with Gasteiger partial charge in [0.1, 0.15) is 28.7 Å². The van der Waals surface area contributed by atoms with E-state index in [1.54, 1.807) is 30.9 Å². The van der Waals surface area contributed by atoms with Gasteiger partial charge in [-0.05, 0) is 51.0 Å². The number of amidine groups is 1. The number of piperidine rings is 1. The number of likely N-dealkylation sites (tertiary alicyclic amines) is 1. The van der Waals surface area contributed by atoms with Gasteiger partial charge in [-0.25, -0.2) is 9.37 Å². The number of hydrogen-bond acceptors (Lipinski definition) is 4. The molecule has 2 aliphatic rings. The molecule has 0 unspecified atom stereocenters. The Labute approximate surface area is 155 Å². The molecule has 2 aliphatic heterocycles. The average molecular weight is 369 g/mol. The number of aryl methyl sites for hydroxylation is 1. The molecule has 0 atom stereocenters. The molecule has 2 aromatic rings. The van der Waals surface area contributed by atoms with E-state index >= 15 is 0 Å². The van der Waals surface area contributed by atoms with Crippen molar-refractivity contribution in [1.29, 1.82) is 0 Å². The molecule has 1 spiro atoms. The van der Waals surface area contributed by atoms with Crippen molar-refractivity contribution >= 4 is 17.6 Å². The normalized spacial score (nSPS) is 18.6. The molecule has 140 valence electrons. The van der Waals surface area contributed by atoms with Gasteiger partial charge in [0.25, 0.3) is 11.8 Å². The maximum Gasteiger partial charge on any atom is 0.274 e. The third kappa shape index (κ3) is 3.01. The molecule has 0 aliphatic carbocycles. The standard InChI is InChI=1S/C19H20FN5O2/c1-11-15(23-16(21-11)13-3-5-14(20)6-4-13)17(26)25-9-7-19(8-10-25)18(27)22-12(2)24-19/h3-6H,7-10H2,1-2H3,(H,21,23)(H,22,24,27). The van der Waals surface area contributed by atoms with E-state index in [2.05, 4.69) is 20.3 Å². The van der Waals surface area contributed by atoms with E-state index in [9.17, 15) is 14.0 Å². The fourth-order valence-electron chi connectivity index (χ4n) is 3.66. The Morgan fingerprint density at radius 2 is 1.85 bits per heavy atom. The lowest BCUT2D eigenvalue weighted by molar-refractivity contribution is -0.125. The van der Waals surface area contributed by atoms with Crippen LogP contribution < -0.4 is 5.32 Å². The van der Waals surface area contributed by atoms with Gasteiger partial charge in [-0.2, -0.15) is 0 Å². The molecule has 2 amide bonds. The number of benzene rings is 1. The molecular formula is C19H20FN5O2. The lowest BCUT2D eigenvalue weighted by Gasteiger charge is -2.35. The maximum atomic E-state index is 13.1. The fraction of sp³-hybridized carbons (Fsp3) is 0.368. The predicted octanol–water partition coefficient (Wildman–Crippen LogP) is 2.05. The Morgan fingerprint density at radius 1 is 1.19 bits per heavy atom. The number of aromatic amines is 1. The van der Waals surface area contributed by atoms with E-state index in [-0.39, 0.29) is 17.6 Å². The van der Waals surface area contributed by atoms with E-state index in [1.165, 1.54) is 12.1 Å². The van der Waals surface area contributed by atoms with Crippen LogP contribution in [0.25, 0.3) is 11.4 Å². The zero-order valence-electron chi connectivity index (χ0n) is 15.2. The summed E-state index contributed by atoms with van der Waals surface area (Å²) in [5.41, 5.74) is 0.984. The quantitative estimate of drug-likeness (QED) is 0.849. The topological polar surface area (TPSA) is 90.5 Å². The van der Waals surface area contributed by atoms with Gasteiger partial charge in [-0.15, -0.1) is 0 Å². The zero-order chi connectivity index (χ0) is 19.2. The first-order chi connectivity index (χ1) is 12.9. The molecule has 0 bridgehead atoms. The van der Waals surface area contributed by atoms with Gasteiger partial charge in [0.2, 0.25) is 0 Å². The summed E-state index contributed by atoms with van der Waals surface area (Å²) < 4.78 is 13.1. The molecular weight excluding hydrogens is 349 g/mol. The van der Waals surface area contributed by atoms with Gasteiger partial charge in [-0.1, -0.05) is 0 Å². The number of aromatic nitrogens is 2. The highest BCUT2D eigenvalue weighted by atomic mass is 19.1. The van der Waals surface area contributed by atoms with Crippen LogP contribution in [0.4, 0.5) is 4.39 Å². The minimum atomic E-state index is -0.735. The van der Waals surface area contributed by atoms with Crippen molar-refractivity contribution in [3.05, 3.63) is 41.5 Å². The van der Waals surface area contributed by atoms with Crippen LogP contribution in [0, 0.1) is 12.7 Å². The molecule has 1 fully saturated rings. The highest BCUT2D eigenvalue weighted by molar-refractivity contribution is 6.07. The molecule has 7 nitrogen and oxygen atoms in total. The predicted molar refractivity (Wildman–Crippen MR) is 97.8 cm³/mol. The summed E-state index contributed by atoms with van der Waals surface area (Å²) in [7, 11) is 0. The summed E-state index contributed by atoms with van der Waals surface area (Å²) in [4.78, 5) is 38.8. The first-order valence-electron chi connectivity index (χ1n) is 8.88. The largest absolute Gasteiger partial charge is 0.341 e. The molecule has 1 aromatic carbocycles. The molecule has 3 heterocycles. The van der Waals surface area contributed by atoms with Gasteiger partial charge < -0.3 is 15.2 Å². The number of carbonyl (C=O) groups is 2. The third-order valence-electron chi connectivity index (χ3n) is 5.18. The Kier molecular flexibility index (Phi) is 4.05. The summed E-state index contributed by atoms with van der Waals surface area (Å²) >= 11 is 0. The van der Waals surface area contributed by atoms with Crippen molar-refractivity contribution in [2.24, 2.45) is 4.99 Å². The second-order valence-electron chi connectivity index (χ2n) is 7.04. The van der Waals surface area contributed by atoms with Crippen LogP contribution in [0.15, 0.2) is 29.3 Å². The smallest absolute Gasteiger partial charge is 0.274 e. The van der Waals surface area contributed by atoms with Crippen LogP contribution in [-0.4, -0.2) is 51.1 Å². The summed E-state index contributed by atoms with van der Waals surface area (Å²) in [6.45, 7) is 4.45. The van der Waals surface area contributed by atoms with E-state index in [0.29, 0.717) is 54.5 Å². The average Bonchev–Trinajstić information content (AvgIpc) is 3.15. The highest BCUT2D eigenvalue weighted by Crippen LogP contribution is 2.31. The molecule has 0 saturated carbocycles. The second kappa shape index (κ2) is 6.29. The maximum absolute atomic E-state index is 13.1. The number of aliphatic imine (C=N–C) groups is 1. The van der Waals surface area contributed by atoms with Crippen LogP contribution in [0.3, 0.4) is 0 Å². The number of halogens is 1. The number of nitrogens with zero attached hydrogens (tertiary/aromatic N) is 3. The van der Waals surface area contributed by atoms with Crippen LogP contribution in [0.2, 0.25) is 0 Å². The number of nitrogens with one attached hydrogen (secondary N) is 2. The van der Waals surface area contributed by atoms with Crippen molar-refractivity contribution in [3.8, 4) is 11.4 Å². The van der Waals surface area contributed by atoms with Crippen LogP contribution >= 0.6 is 0 Å². The molecule has 1 saturated heterocycles. The lowest BCUT2D eigenvalue weighted by atomic mass is 9.88. The number of H-pyrrole nitrogens is 1. The molecule has 27 heavy (non-hydrogen) atoms. The third-order valence-corrected chi connectivity index (χ3v) is 5.18. The summed E-state index contributed by atoms with van der Waals surface area (Å²) in [5, 5.41) is 2.75. The minimum Gasteiger partial charge on any atom is -0.341 e. The van der Waals surface area contributed by atoms with Crippen molar-refractivity contribution in [3.63, 3.8) is 0 Å². The Balaban J connectivity index is 1.51. The van der Waals surface area contributed by atoms with Crippen LogP contribution in [0.5, 0.6) is 0 Å². The lowest BCUT2D eigenvalue weighted by Crippen LogP contribution is -2.50. The van der Waals surface area contributed by atoms with Crippen molar-refractivity contribution in [2.45, 2.75) is 32.2 Å². The molecule has 2 N–H and O–H groups in total. The zero-order valence-corrected chi connectivity index (χ0v) is 15.2. The number of imidazole rings is 1. The Morgan fingerprint density at radius 3 is 2.44 bits per heavy atom. The molecule has 1 aromatic heterocycles. The van der Waals surface area contributed by atoms with Crippen LogP contribution in [-0.2, 0) is 4.79 Å². The number of carbonyl (C=O) groups excluding carboxylic acids is 2. The minimum absolute atomic E-state index is 0.0818. The second-order valence-corrected chi connectivity index (χ2v) is 7.04. The first-order valence-corrected chi connectivity index (χ1v) is 8.88. The fourth-order valence-corrected chi connectivity index (χ4v) is 3.66. The van der Waals surface area contributed by atoms with Crippen molar-refractivity contribution in [1.82, 2.24) is 20.2 Å². The van der Waals surface area contributed by atoms with Gasteiger partial charge in [0.05, 0.1) is 0 Å². The number of rotatable bonds is 2. The summed E-state index contributed by atoms with van der Waals surface area (Å²) in [6, 6.07) is 5.94. The van der Waals surface area contributed by atoms with E-state index in [1.807, 2.05) is 0 Å².